The molecule has 2 aromatic rings. The summed E-state index contributed by atoms with van der Waals surface area (Å²) in [6, 6.07) is 10.0. The Kier molecular flexibility index (Phi) is 7.74. The summed E-state index contributed by atoms with van der Waals surface area (Å²) in [4.78, 5) is 16.7. The molecule has 0 aliphatic carbocycles. The number of carbonyl (C=O) groups is 1. The third-order valence-corrected chi connectivity index (χ3v) is 7.57. The molecule has 2 heterocycles. The fourth-order valence-electron chi connectivity index (χ4n) is 4.86. The summed E-state index contributed by atoms with van der Waals surface area (Å²) < 4.78 is 45.5. The van der Waals surface area contributed by atoms with Crippen LogP contribution in [0.1, 0.15) is 36.8 Å². The van der Waals surface area contributed by atoms with Crippen molar-refractivity contribution in [3.05, 3.63) is 63.6 Å². The molecule has 2 saturated heterocycles. The Balaban J connectivity index is 1.56. The number of likely N-dealkylation sites (tertiary alicyclic amines) is 2. The summed E-state index contributed by atoms with van der Waals surface area (Å²) in [7, 11) is 0. The van der Waals surface area contributed by atoms with Crippen LogP contribution in [-0.2, 0) is 6.18 Å². The highest BCUT2D eigenvalue weighted by atomic mass is 35.5. The number of hydrogen-bond acceptors (Lipinski definition) is 3. The van der Waals surface area contributed by atoms with Crippen LogP contribution >= 0.6 is 23.2 Å². The first kappa shape index (κ1) is 25.9. The normalized spacial score (nSPS) is 22.4. The zero-order valence-corrected chi connectivity index (χ0v) is 20.7. The Morgan fingerprint density at radius 1 is 1.06 bits per heavy atom. The average Bonchev–Trinajstić information content (AvgIpc) is 3.26. The molecule has 10 heteroatoms. The second-order valence-corrected chi connectivity index (χ2v) is 10.0. The molecule has 4 rings (SSSR count). The lowest BCUT2D eigenvalue weighted by Gasteiger charge is -2.33. The molecule has 0 bridgehead atoms. The largest absolute Gasteiger partial charge is 0.490 e. The highest BCUT2D eigenvalue weighted by Crippen LogP contribution is 2.39. The van der Waals surface area contributed by atoms with E-state index in [-0.39, 0.29) is 23.6 Å². The zero-order valence-electron chi connectivity index (χ0n) is 19.1. The van der Waals surface area contributed by atoms with Gasteiger partial charge in [-0.3, -0.25) is 0 Å². The van der Waals surface area contributed by atoms with Gasteiger partial charge in [0.1, 0.15) is 11.9 Å². The smallest absolute Gasteiger partial charge is 0.416 e. The van der Waals surface area contributed by atoms with Crippen LogP contribution in [0, 0.1) is 5.92 Å². The number of rotatable bonds is 4. The van der Waals surface area contributed by atoms with Gasteiger partial charge in [0.05, 0.1) is 21.7 Å². The van der Waals surface area contributed by atoms with Crippen molar-refractivity contribution < 1.29 is 27.8 Å². The van der Waals surface area contributed by atoms with E-state index in [1.807, 2.05) is 6.07 Å². The van der Waals surface area contributed by atoms with Crippen LogP contribution in [0.2, 0.25) is 10.0 Å². The molecule has 2 aliphatic heterocycles. The van der Waals surface area contributed by atoms with E-state index in [2.05, 4.69) is 0 Å². The fraction of sp³-hybridized carbons (Fsp3) is 0.480. The quantitative estimate of drug-likeness (QED) is 0.521. The van der Waals surface area contributed by atoms with E-state index in [1.165, 1.54) is 12.1 Å². The molecule has 2 amide bonds. The number of hydrogen-bond donors (Lipinski definition) is 1. The molecular weight excluding hydrogens is 504 g/mol. The maximum absolute atomic E-state index is 13.2. The van der Waals surface area contributed by atoms with Crippen LogP contribution in [-0.4, -0.2) is 59.3 Å². The monoisotopic (exact) mass is 530 g/mol. The minimum absolute atomic E-state index is 0.115. The molecule has 2 aliphatic rings. The van der Waals surface area contributed by atoms with Gasteiger partial charge >= 0.3 is 12.2 Å². The predicted molar refractivity (Wildman–Crippen MR) is 128 cm³/mol. The van der Waals surface area contributed by atoms with E-state index in [9.17, 15) is 23.1 Å². The van der Waals surface area contributed by atoms with E-state index in [1.54, 1.807) is 28.9 Å². The Morgan fingerprint density at radius 3 is 2.43 bits per heavy atom. The summed E-state index contributed by atoms with van der Waals surface area (Å²) in [5.41, 5.74) is 0.104. The zero-order chi connectivity index (χ0) is 25.3. The molecule has 2 fully saturated rings. The molecule has 3 atom stereocenters. The van der Waals surface area contributed by atoms with Crippen LogP contribution < -0.4 is 4.74 Å². The number of carbonyl (C=O) groups excluding carboxylic acids is 1. The van der Waals surface area contributed by atoms with Gasteiger partial charge in [0.25, 0.3) is 0 Å². The number of ether oxygens (including phenoxy) is 1. The molecular formula is C25H27Cl2F3N2O3. The molecule has 2 aromatic carbocycles. The van der Waals surface area contributed by atoms with E-state index in [4.69, 9.17) is 27.9 Å². The van der Waals surface area contributed by atoms with Crippen LogP contribution in [0.5, 0.6) is 5.75 Å². The second kappa shape index (κ2) is 10.4. The van der Waals surface area contributed by atoms with Gasteiger partial charge in [0.15, 0.2) is 0 Å². The van der Waals surface area contributed by atoms with Crippen LogP contribution in [0.3, 0.4) is 0 Å². The number of piperidine rings is 1. The number of nitrogens with zero attached hydrogens (tertiary/aromatic N) is 2. The van der Waals surface area contributed by atoms with Gasteiger partial charge in [0, 0.05) is 38.0 Å². The maximum Gasteiger partial charge on any atom is 0.416 e. The predicted octanol–water partition coefficient (Wildman–Crippen LogP) is 6.07. The van der Waals surface area contributed by atoms with Crippen molar-refractivity contribution >= 4 is 29.2 Å². The number of alkyl halides is 3. The lowest BCUT2D eigenvalue weighted by atomic mass is 9.85. The number of urea groups is 1. The average molecular weight is 531 g/mol. The van der Waals surface area contributed by atoms with Crippen molar-refractivity contribution in [3.8, 4) is 5.75 Å². The first-order valence-electron chi connectivity index (χ1n) is 11.5. The van der Waals surface area contributed by atoms with Crippen molar-refractivity contribution in [3.63, 3.8) is 0 Å². The van der Waals surface area contributed by atoms with Crippen LogP contribution in [0.25, 0.3) is 0 Å². The summed E-state index contributed by atoms with van der Waals surface area (Å²) in [6.07, 6.45) is -4.28. The van der Waals surface area contributed by atoms with Crippen molar-refractivity contribution in [2.75, 3.05) is 26.2 Å². The van der Waals surface area contributed by atoms with Gasteiger partial charge in [-0.15, -0.1) is 0 Å². The molecule has 190 valence electrons. The van der Waals surface area contributed by atoms with E-state index in [0.29, 0.717) is 49.1 Å². The first-order valence-corrected chi connectivity index (χ1v) is 12.3. The second-order valence-electron chi connectivity index (χ2n) is 9.20. The fourth-order valence-corrected chi connectivity index (χ4v) is 5.17. The number of aliphatic hydroxyl groups excluding tert-OH is 1. The number of halogens is 5. The van der Waals surface area contributed by atoms with Crippen molar-refractivity contribution in [1.29, 1.82) is 0 Å². The Bertz CT molecular complexity index is 1060. The van der Waals surface area contributed by atoms with Crippen molar-refractivity contribution in [2.24, 2.45) is 5.92 Å². The van der Waals surface area contributed by atoms with Crippen LogP contribution in [0.15, 0.2) is 42.5 Å². The lowest BCUT2D eigenvalue weighted by molar-refractivity contribution is -0.137. The molecule has 0 spiro atoms. The molecule has 2 unspecified atom stereocenters. The third-order valence-electron chi connectivity index (χ3n) is 6.83. The molecule has 0 aromatic heterocycles. The highest BCUT2D eigenvalue weighted by Gasteiger charge is 2.42. The maximum atomic E-state index is 13.2. The summed E-state index contributed by atoms with van der Waals surface area (Å²) >= 11 is 12.4. The summed E-state index contributed by atoms with van der Waals surface area (Å²) in [5.74, 6) is -0.221. The Hall–Kier alpha value is -2.16. The lowest BCUT2D eigenvalue weighted by Crippen LogP contribution is -2.47. The minimum Gasteiger partial charge on any atom is -0.490 e. The van der Waals surface area contributed by atoms with Crippen molar-refractivity contribution in [2.45, 2.75) is 44.1 Å². The van der Waals surface area contributed by atoms with Gasteiger partial charge in [-0.2, -0.15) is 13.2 Å². The number of benzene rings is 2. The Labute approximate surface area is 212 Å². The van der Waals surface area contributed by atoms with E-state index < -0.39 is 23.9 Å². The van der Waals surface area contributed by atoms with Gasteiger partial charge in [-0.05, 0) is 55.7 Å². The SMILES string of the molecule is C[C@@H](Oc1cccc(C(F)(F)F)c1)C1CN(C(=O)N2CCC(O)CC2)CC1c1ccc(Cl)c(Cl)c1. The van der Waals surface area contributed by atoms with Crippen LogP contribution in [0.4, 0.5) is 18.0 Å². The molecule has 1 N–H and O–H groups in total. The van der Waals surface area contributed by atoms with Crippen molar-refractivity contribution in [1.82, 2.24) is 9.80 Å². The van der Waals surface area contributed by atoms with Gasteiger partial charge in [-0.25, -0.2) is 4.79 Å². The molecule has 0 radical (unpaired) electrons. The molecule has 35 heavy (non-hydrogen) atoms. The number of amides is 2. The standard InChI is InChI=1S/C25H27Cl2F3N2O3/c1-15(35-19-4-2-3-17(12-19)25(28,29)30)20-13-32(24(34)31-9-7-18(33)8-10-31)14-21(20)16-5-6-22(26)23(27)11-16/h2-6,11-12,15,18,20-21,33H,7-10,13-14H2,1H3/t15-,20?,21?/m1/s1. The topological polar surface area (TPSA) is 53.0 Å². The van der Waals surface area contributed by atoms with E-state index in [0.717, 1.165) is 17.7 Å². The van der Waals surface area contributed by atoms with Gasteiger partial charge in [-0.1, -0.05) is 35.3 Å². The molecule has 0 saturated carbocycles. The third kappa shape index (κ3) is 5.98. The summed E-state index contributed by atoms with van der Waals surface area (Å²) in [5, 5.41) is 10.6. The van der Waals surface area contributed by atoms with E-state index >= 15 is 0 Å². The van der Waals surface area contributed by atoms with Gasteiger partial charge in [0.2, 0.25) is 0 Å². The highest BCUT2D eigenvalue weighted by molar-refractivity contribution is 6.42. The Morgan fingerprint density at radius 2 is 1.77 bits per heavy atom. The minimum atomic E-state index is -4.47. The molecule has 5 nitrogen and oxygen atoms in total. The first-order chi connectivity index (χ1) is 16.5. The summed E-state index contributed by atoms with van der Waals surface area (Å²) in [6.45, 7) is 3.56. The van der Waals surface area contributed by atoms with Gasteiger partial charge < -0.3 is 19.6 Å². The number of aliphatic hydroxyl groups is 1.